The topological polar surface area (TPSA) is 42.4 Å². The van der Waals surface area contributed by atoms with Crippen LogP contribution in [0.15, 0.2) is 54.6 Å². The van der Waals surface area contributed by atoms with Crippen LogP contribution in [-0.2, 0) is 6.54 Å². The monoisotopic (exact) mass is 382 g/mol. The molecule has 2 aromatic carbocycles. The second-order valence-electron chi connectivity index (χ2n) is 6.44. The Morgan fingerprint density at radius 2 is 1.96 bits per heavy atom. The summed E-state index contributed by atoms with van der Waals surface area (Å²) in [4.78, 5) is 19.4. The van der Waals surface area contributed by atoms with Crippen molar-refractivity contribution in [2.45, 2.75) is 26.3 Å². The Kier molecular flexibility index (Phi) is 6.30. The first-order valence-corrected chi connectivity index (χ1v) is 9.47. The van der Waals surface area contributed by atoms with E-state index in [9.17, 15) is 4.79 Å². The van der Waals surface area contributed by atoms with E-state index in [1.807, 2.05) is 53.4 Å². The van der Waals surface area contributed by atoms with Crippen LogP contribution in [0.1, 0.15) is 35.7 Å². The quantitative estimate of drug-likeness (QED) is 0.518. The molecular formula is C22H23ClN2O2. The SMILES string of the molecule is CCCCN(Cc1cc2ccccc2nc1Cl)C(=O)c1cccc(OC)c1. The van der Waals surface area contributed by atoms with E-state index < -0.39 is 0 Å². The predicted molar refractivity (Wildman–Crippen MR) is 109 cm³/mol. The molecule has 1 aromatic heterocycles. The number of methoxy groups -OCH3 is 1. The van der Waals surface area contributed by atoms with E-state index in [0.29, 0.717) is 29.6 Å². The van der Waals surface area contributed by atoms with Gasteiger partial charge in [-0.15, -0.1) is 0 Å². The highest BCUT2D eigenvalue weighted by Gasteiger charge is 2.18. The highest BCUT2D eigenvalue weighted by molar-refractivity contribution is 6.30. The highest BCUT2D eigenvalue weighted by atomic mass is 35.5. The molecule has 0 saturated carbocycles. The number of hydrogen-bond acceptors (Lipinski definition) is 3. The molecule has 0 aliphatic carbocycles. The van der Waals surface area contributed by atoms with Crippen molar-refractivity contribution >= 4 is 28.4 Å². The van der Waals surface area contributed by atoms with Gasteiger partial charge in [-0.1, -0.05) is 49.2 Å². The number of unbranched alkanes of at least 4 members (excludes halogenated alkanes) is 1. The lowest BCUT2D eigenvalue weighted by Gasteiger charge is -2.23. The van der Waals surface area contributed by atoms with Crippen LogP contribution in [0.2, 0.25) is 5.15 Å². The van der Waals surface area contributed by atoms with E-state index in [1.54, 1.807) is 13.2 Å². The summed E-state index contributed by atoms with van der Waals surface area (Å²) in [5.74, 6) is 0.633. The zero-order valence-corrected chi connectivity index (χ0v) is 16.4. The van der Waals surface area contributed by atoms with Gasteiger partial charge in [0.15, 0.2) is 0 Å². The molecule has 0 saturated heterocycles. The highest BCUT2D eigenvalue weighted by Crippen LogP contribution is 2.23. The van der Waals surface area contributed by atoms with Crippen LogP contribution < -0.4 is 4.74 Å². The van der Waals surface area contributed by atoms with Crippen molar-refractivity contribution in [1.29, 1.82) is 0 Å². The van der Waals surface area contributed by atoms with Gasteiger partial charge in [0.2, 0.25) is 0 Å². The van der Waals surface area contributed by atoms with Crippen molar-refractivity contribution in [2.24, 2.45) is 0 Å². The van der Waals surface area contributed by atoms with Crippen molar-refractivity contribution in [3.05, 3.63) is 70.9 Å². The summed E-state index contributed by atoms with van der Waals surface area (Å²) in [5.41, 5.74) is 2.31. The maximum Gasteiger partial charge on any atom is 0.254 e. The van der Waals surface area contributed by atoms with Gasteiger partial charge < -0.3 is 9.64 Å². The number of carbonyl (C=O) groups excluding carboxylic acids is 1. The number of halogens is 1. The molecule has 0 radical (unpaired) electrons. The number of amides is 1. The fourth-order valence-corrected chi connectivity index (χ4v) is 3.20. The van der Waals surface area contributed by atoms with Gasteiger partial charge in [-0.3, -0.25) is 4.79 Å². The number of pyridine rings is 1. The Balaban J connectivity index is 1.90. The Morgan fingerprint density at radius 3 is 2.74 bits per heavy atom. The summed E-state index contributed by atoms with van der Waals surface area (Å²) in [6.07, 6.45) is 1.93. The number of rotatable bonds is 7. The van der Waals surface area contributed by atoms with Gasteiger partial charge in [0.1, 0.15) is 10.9 Å². The van der Waals surface area contributed by atoms with E-state index in [2.05, 4.69) is 11.9 Å². The number of hydrogen-bond donors (Lipinski definition) is 0. The molecule has 3 rings (SSSR count). The minimum atomic E-state index is -0.0356. The van der Waals surface area contributed by atoms with Gasteiger partial charge in [-0.05, 0) is 36.8 Å². The zero-order valence-electron chi connectivity index (χ0n) is 15.6. The number of nitrogens with zero attached hydrogens (tertiary/aromatic N) is 2. The number of aromatic nitrogens is 1. The van der Waals surface area contributed by atoms with Crippen LogP contribution in [0, 0.1) is 0 Å². The fraction of sp³-hybridized carbons (Fsp3) is 0.273. The lowest BCUT2D eigenvalue weighted by Crippen LogP contribution is -2.31. The number of benzene rings is 2. The predicted octanol–water partition coefficient (Wildman–Crippen LogP) is 5.34. The Labute approximate surface area is 164 Å². The molecule has 140 valence electrons. The third-order valence-electron chi connectivity index (χ3n) is 4.50. The maximum atomic E-state index is 13.1. The van der Waals surface area contributed by atoms with Crippen molar-refractivity contribution in [3.8, 4) is 5.75 Å². The maximum absolute atomic E-state index is 13.1. The van der Waals surface area contributed by atoms with Crippen LogP contribution in [0.3, 0.4) is 0 Å². The standard InChI is InChI=1S/C22H23ClN2O2/c1-3-4-12-25(22(26)17-9-7-10-19(14-17)27-2)15-18-13-16-8-5-6-11-20(16)24-21(18)23/h5-11,13-14H,3-4,12,15H2,1-2H3. The Morgan fingerprint density at radius 1 is 1.15 bits per heavy atom. The van der Waals surface area contributed by atoms with Crippen LogP contribution in [0.4, 0.5) is 0 Å². The first-order chi connectivity index (χ1) is 13.1. The molecule has 4 nitrogen and oxygen atoms in total. The van der Waals surface area contributed by atoms with Gasteiger partial charge in [-0.2, -0.15) is 0 Å². The van der Waals surface area contributed by atoms with Gasteiger partial charge >= 0.3 is 0 Å². The lowest BCUT2D eigenvalue weighted by molar-refractivity contribution is 0.0740. The summed E-state index contributed by atoms with van der Waals surface area (Å²) < 4.78 is 5.25. The molecule has 0 aliphatic rings. The van der Waals surface area contributed by atoms with Crippen molar-refractivity contribution < 1.29 is 9.53 Å². The van der Waals surface area contributed by atoms with Crippen molar-refractivity contribution in [3.63, 3.8) is 0 Å². The average Bonchev–Trinajstić information content (AvgIpc) is 2.70. The molecular weight excluding hydrogens is 360 g/mol. The van der Waals surface area contributed by atoms with Crippen LogP contribution in [0.25, 0.3) is 10.9 Å². The average molecular weight is 383 g/mol. The number of ether oxygens (including phenoxy) is 1. The van der Waals surface area contributed by atoms with Gasteiger partial charge in [0.25, 0.3) is 5.91 Å². The molecule has 3 aromatic rings. The third kappa shape index (κ3) is 4.58. The van der Waals surface area contributed by atoms with E-state index >= 15 is 0 Å². The normalized spacial score (nSPS) is 10.8. The van der Waals surface area contributed by atoms with Crippen LogP contribution >= 0.6 is 11.6 Å². The fourth-order valence-electron chi connectivity index (χ4n) is 2.99. The Hall–Kier alpha value is -2.59. The second kappa shape index (κ2) is 8.87. The minimum absolute atomic E-state index is 0.0356. The van der Waals surface area contributed by atoms with Gasteiger partial charge in [-0.25, -0.2) is 4.98 Å². The first kappa shape index (κ1) is 19.2. The van der Waals surface area contributed by atoms with Gasteiger partial charge in [0.05, 0.1) is 12.6 Å². The van der Waals surface area contributed by atoms with Crippen molar-refractivity contribution in [1.82, 2.24) is 9.88 Å². The molecule has 1 amide bonds. The molecule has 0 N–H and O–H groups in total. The molecule has 5 heteroatoms. The molecule has 27 heavy (non-hydrogen) atoms. The molecule has 1 heterocycles. The molecule has 0 fully saturated rings. The van der Waals surface area contributed by atoms with Crippen molar-refractivity contribution in [2.75, 3.05) is 13.7 Å². The first-order valence-electron chi connectivity index (χ1n) is 9.10. The molecule has 0 atom stereocenters. The van der Waals surface area contributed by atoms with Gasteiger partial charge in [0, 0.05) is 29.6 Å². The second-order valence-corrected chi connectivity index (χ2v) is 6.80. The largest absolute Gasteiger partial charge is 0.497 e. The summed E-state index contributed by atoms with van der Waals surface area (Å²) in [7, 11) is 1.60. The smallest absolute Gasteiger partial charge is 0.254 e. The van der Waals surface area contributed by atoms with Crippen LogP contribution in [-0.4, -0.2) is 29.4 Å². The third-order valence-corrected chi connectivity index (χ3v) is 4.82. The summed E-state index contributed by atoms with van der Waals surface area (Å²) in [6, 6.07) is 17.1. The number of carbonyl (C=O) groups is 1. The molecule has 0 spiro atoms. The molecule has 0 bridgehead atoms. The number of para-hydroxylation sites is 1. The molecule has 0 unspecified atom stereocenters. The summed E-state index contributed by atoms with van der Waals surface area (Å²) >= 11 is 6.41. The zero-order chi connectivity index (χ0) is 19.2. The minimum Gasteiger partial charge on any atom is -0.497 e. The van der Waals surface area contributed by atoms with E-state index in [1.165, 1.54) is 0 Å². The summed E-state index contributed by atoms with van der Waals surface area (Å²) in [5, 5.41) is 1.45. The lowest BCUT2D eigenvalue weighted by atomic mass is 10.1. The molecule has 0 aliphatic heterocycles. The van der Waals surface area contributed by atoms with E-state index in [-0.39, 0.29) is 5.91 Å². The Bertz CT molecular complexity index is 942. The summed E-state index contributed by atoms with van der Waals surface area (Å²) in [6.45, 7) is 3.20. The number of fused-ring (bicyclic) bond motifs is 1. The van der Waals surface area contributed by atoms with Crippen LogP contribution in [0.5, 0.6) is 5.75 Å². The van der Waals surface area contributed by atoms with E-state index in [0.717, 1.165) is 29.3 Å². The van der Waals surface area contributed by atoms with E-state index in [4.69, 9.17) is 16.3 Å².